The highest BCUT2D eigenvalue weighted by atomic mass is 32.1. The number of anilines is 2. The first-order chi connectivity index (χ1) is 9.47. The van der Waals surface area contributed by atoms with Crippen molar-refractivity contribution < 1.29 is 19.0 Å². The van der Waals surface area contributed by atoms with E-state index in [-0.39, 0.29) is 16.5 Å². The van der Waals surface area contributed by atoms with Crippen molar-refractivity contribution in [1.29, 1.82) is 0 Å². The number of hydrogen-bond acceptors (Lipinski definition) is 3. The highest BCUT2D eigenvalue weighted by Gasteiger charge is 2.13. The van der Waals surface area contributed by atoms with Gasteiger partial charge in [-0.05, 0) is 48.6 Å². The van der Waals surface area contributed by atoms with E-state index in [0.29, 0.717) is 5.69 Å². The third-order valence-corrected chi connectivity index (χ3v) is 2.65. The summed E-state index contributed by atoms with van der Waals surface area (Å²) in [5, 5.41) is 23.9. The molecule has 0 saturated heterocycles. The Kier molecular flexibility index (Phi) is 3.99. The molecule has 0 heterocycles. The van der Waals surface area contributed by atoms with Gasteiger partial charge in [-0.25, -0.2) is 4.39 Å². The fraction of sp³-hybridized carbons (Fsp3) is 0. The summed E-state index contributed by atoms with van der Waals surface area (Å²) in [4.78, 5) is 0. The molecule has 0 unspecified atom stereocenters. The predicted molar refractivity (Wildman–Crippen MR) is 76.0 cm³/mol. The Morgan fingerprint density at radius 2 is 1.60 bits per heavy atom. The van der Waals surface area contributed by atoms with Gasteiger partial charge in [0.1, 0.15) is 5.75 Å². The van der Waals surface area contributed by atoms with E-state index in [1.54, 1.807) is 12.1 Å². The van der Waals surface area contributed by atoms with Gasteiger partial charge >= 0.3 is 0 Å². The van der Waals surface area contributed by atoms with E-state index < -0.39 is 17.4 Å². The van der Waals surface area contributed by atoms with Crippen LogP contribution in [-0.2, 0) is 0 Å². The highest BCUT2D eigenvalue weighted by molar-refractivity contribution is 7.80. The lowest BCUT2D eigenvalue weighted by Crippen LogP contribution is -2.19. The molecule has 20 heavy (non-hydrogen) atoms. The Balaban J connectivity index is 2.08. The van der Waals surface area contributed by atoms with Gasteiger partial charge in [-0.2, -0.15) is 4.39 Å². The molecular formula is C13H10F2N2O2S. The first kappa shape index (κ1) is 14.0. The average molecular weight is 296 g/mol. The van der Waals surface area contributed by atoms with Gasteiger partial charge in [-0.15, -0.1) is 0 Å². The monoisotopic (exact) mass is 296 g/mol. The van der Waals surface area contributed by atoms with Crippen LogP contribution in [0.1, 0.15) is 0 Å². The Morgan fingerprint density at radius 3 is 2.25 bits per heavy atom. The summed E-state index contributed by atoms with van der Waals surface area (Å²) < 4.78 is 26.0. The van der Waals surface area contributed by atoms with Gasteiger partial charge in [0, 0.05) is 5.69 Å². The lowest BCUT2D eigenvalue weighted by Gasteiger charge is -2.12. The maximum absolute atomic E-state index is 13.2. The van der Waals surface area contributed by atoms with E-state index >= 15 is 0 Å². The lowest BCUT2D eigenvalue weighted by atomic mass is 10.2. The van der Waals surface area contributed by atoms with Gasteiger partial charge in [0.05, 0.1) is 5.69 Å². The number of hydrogen-bond donors (Lipinski definition) is 4. The fourth-order valence-electron chi connectivity index (χ4n) is 1.47. The van der Waals surface area contributed by atoms with Crippen LogP contribution in [-0.4, -0.2) is 15.3 Å². The van der Waals surface area contributed by atoms with Crippen molar-refractivity contribution in [1.82, 2.24) is 0 Å². The van der Waals surface area contributed by atoms with E-state index in [0.717, 1.165) is 6.07 Å². The molecule has 0 radical (unpaired) electrons. The van der Waals surface area contributed by atoms with Gasteiger partial charge in [0.25, 0.3) is 0 Å². The number of thiocarbonyl (C=S) groups is 1. The fourth-order valence-corrected chi connectivity index (χ4v) is 1.70. The molecule has 0 saturated carbocycles. The van der Waals surface area contributed by atoms with E-state index in [4.69, 9.17) is 17.3 Å². The molecule has 0 aliphatic rings. The summed E-state index contributed by atoms with van der Waals surface area (Å²) in [7, 11) is 0. The largest absolute Gasteiger partial charge is 0.508 e. The number of aromatic hydroxyl groups is 2. The van der Waals surface area contributed by atoms with Gasteiger partial charge in [-0.1, -0.05) is 0 Å². The lowest BCUT2D eigenvalue weighted by molar-refractivity contribution is 0.409. The molecule has 4 N–H and O–H groups in total. The number of halogens is 2. The van der Waals surface area contributed by atoms with Crippen LogP contribution in [0, 0.1) is 11.6 Å². The summed E-state index contributed by atoms with van der Waals surface area (Å²) >= 11 is 4.97. The zero-order valence-electron chi connectivity index (χ0n) is 10.0. The van der Waals surface area contributed by atoms with Crippen molar-refractivity contribution in [2.45, 2.75) is 0 Å². The van der Waals surface area contributed by atoms with Crippen LogP contribution in [0.3, 0.4) is 0 Å². The standard InChI is InChI=1S/C13H10F2N2O2S/c14-9-5-6-10(12(19)11(9)15)17-13(20)16-7-1-3-8(18)4-2-7/h1-6,18-19H,(H2,16,17,20). The normalized spacial score (nSPS) is 10.1. The summed E-state index contributed by atoms with van der Waals surface area (Å²) in [5.74, 6) is -3.24. The van der Waals surface area contributed by atoms with Crippen LogP contribution in [0.25, 0.3) is 0 Å². The Bertz CT molecular complexity index is 648. The number of rotatable bonds is 2. The van der Waals surface area contributed by atoms with Gasteiger partial charge in [-0.3, -0.25) is 0 Å². The van der Waals surface area contributed by atoms with Crippen molar-refractivity contribution in [3.63, 3.8) is 0 Å². The quantitative estimate of drug-likeness (QED) is 0.389. The Labute approximate surface area is 118 Å². The zero-order valence-corrected chi connectivity index (χ0v) is 10.8. The topological polar surface area (TPSA) is 64.5 Å². The predicted octanol–water partition coefficient (Wildman–Crippen LogP) is 3.18. The van der Waals surface area contributed by atoms with E-state index in [1.165, 1.54) is 18.2 Å². The first-order valence-corrected chi connectivity index (χ1v) is 5.92. The van der Waals surface area contributed by atoms with E-state index in [9.17, 15) is 13.9 Å². The number of nitrogens with one attached hydrogen (secondary N) is 2. The third kappa shape index (κ3) is 3.12. The molecule has 0 aliphatic carbocycles. The molecule has 0 spiro atoms. The SMILES string of the molecule is Oc1ccc(NC(=S)Nc2ccc(F)c(F)c2O)cc1. The van der Waals surface area contributed by atoms with Crippen LogP contribution < -0.4 is 10.6 Å². The maximum atomic E-state index is 13.2. The smallest absolute Gasteiger partial charge is 0.202 e. The van der Waals surface area contributed by atoms with Crippen molar-refractivity contribution >= 4 is 28.7 Å². The molecule has 2 aromatic rings. The molecule has 0 aliphatic heterocycles. The van der Waals surface area contributed by atoms with E-state index in [2.05, 4.69) is 10.6 Å². The van der Waals surface area contributed by atoms with Crippen molar-refractivity contribution in [3.8, 4) is 11.5 Å². The van der Waals surface area contributed by atoms with Crippen molar-refractivity contribution in [2.24, 2.45) is 0 Å². The van der Waals surface area contributed by atoms with Crippen LogP contribution in [0.2, 0.25) is 0 Å². The maximum Gasteiger partial charge on any atom is 0.202 e. The molecule has 7 heteroatoms. The second kappa shape index (κ2) is 5.70. The third-order valence-electron chi connectivity index (χ3n) is 2.44. The minimum Gasteiger partial charge on any atom is -0.508 e. The van der Waals surface area contributed by atoms with Crippen molar-refractivity contribution in [3.05, 3.63) is 48.0 Å². The minimum atomic E-state index is -1.34. The summed E-state index contributed by atoms with van der Waals surface area (Å²) in [6, 6.07) is 8.11. The molecular weight excluding hydrogens is 286 g/mol. The summed E-state index contributed by atoms with van der Waals surface area (Å²) in [6.07, 6.45) is 0. The molecule has 4 nitrogen and oxygen atoms in total. The molecule has 0 atom stereocenters. The molecule has 0 aromatic heterocycles. The number of phenolic OH excluding ortho intramolecular Hbond substituents is 2. The molecule has 104 valence electrons. The number of benzene rings is 2. The van der Waals surface area contributed by atoms with Gasteiger partial charge < -0.3 is 20.8 Å². The Morgan fingerprint density at radius 1 is 0.950 bits per heavy atom. The summed E-state index contributed by atoms with van der Waals surface area (Å²) in [6.45, 7) is 0. The van der Waals surface area contributed by atoms with E-state index in [1.807, 2.05) is 0 Å². The molecule has 2 rings (SSSR count). The van der Waals surface area contributed by atoms with Crippen LogP contribution in [0.15, 0.2) is 36.4 Å². The highest BCUT2D eigenvalue weighted by Crippen LogP contribution is 2.28. The van der Waals surface area contributed by atoms with Crippen LogP contribution in [0.4, 0.5) is 20.2 Å². The molecule has 0 amide bonds. The molecule has 0 bridgehead atoms. The minimum absolute atomic E-state index is 0.0554. The Hall–Kier alpha value is -2.41. The zero-order chi connectivity index (χ0) is 14.7. The van der Waals surface area contributed by atoms with Crippen molar-refractivity contribution in [2.75, 3.05) is 10.6 Å². The molecule has 2 aromatic carbocycles. The number of phenols is 2. The van der Waals surface area contributed by atoms with Crippen LogP contribution in [0.5, 0.6) is 11.5 Å². The van der Waals surface area contributed by atoms with Gasteiger partial charge in [0.2, 0.25) is 5.82 Å². The average Bonchev–Trinajstić information content (AvgIpc) is 2.42. The van der Waals surface area contributed by atoms with Gasteiger partial charge in [0.15, 0.2) is 16.7 Å². The second-order valence-electron chi connectivity index (χ2n) is 3.88. The second-order valence-corrected chi connectivity index (χ2v) is 4.29. The first-order valence-electron chi connectivity index (χ1n) is 5.51. The molecule has 0 fully saturated rings. The van der Waals surface area contributed by atoms with Crippen LogP contribution >= 0.6 is 12.2 Å². The summed E-state index contributed by atoms with van der Waals surface area (Å²) in [5.41, 5.74) is 0.530.